The van der Waals surface area contributed by atoms with Crippen LogP contribution in [0, 0.1) is 13.8 Å². The van der Waals surface area contributed by atoms with Crippen LogP contribution in [0.5, 0.6) is 5.75 Å². The Morgan fingerprint density at radius 3 is 2.29 bits per heavy atom. The van der Waals surface area contributed by atoms with E-state index in [0.717, 1.165) is 22.4 Å². The molecule has 0 aliphatic heterocycles. The molecule has 0 atom stereocenters. The summed E-state index contributed by atoms with van der Waals surface area (Å²) < 4.78 is 10.8. The van der Waals surface area contributed by atoms with E-state index in [1.54, 1.807) is 0 Å². The zero-order chi connectivity index (χ0) is 17.5. The second-order valence-electron chi connectivity index (χ2n) is 5.31. The maximum atomic E-state index is 11.6. The van der Waals surface area contributed by atoms with Gasteiger partial charge in [0.2, 0.25) is 0 Å². The minimum Gasteiger partial charge on any atom is -0.469 e. The van der Waals surface area contributed by atoms with Crippen molar-refractivity contribution in [2.75, 3.05) is 14.2 Å². The molecule has 0 fully saturated rings. The van der Waals surface area contributed by atoms with Crippen LogP contribution >= 0.6 is 0 Å². The van der Waals surface area contributed by atoms with Crippen molar-refractivity contribution in [3.63, 3.8) is 0 Å². The van der Waals surface area contributed by atoms with Crippen LogP contribution < -0.4 is 4.74 Å². The van der Waals surface area contributed by atoms with Crippen LogP contribution in [0.2, 0.25) is 0 Å². The van der Waals surface area contributed by atoms with E-state index in [-0.39, 0.29) is 12.4 Å². The highest BCUT2D eigenvalue weighted by molar-refractivity contribution is 5.98. The van der Waals surface area contributed by atoms with Gasteiger partial charge in [-0.1, -0.05) is 36.4 Å². The average molecular weight is 327 g/mol. The van der Waals surface area contributed by atoms with E-state index < -0.39 is 0 Å². The van der Waals surface area contributed by atoms with E-state index >= 15 is 0 Å². The van der Waals surface area contributed by atoms with E-state index in [4.69, 9.17) is 14.3 Å². The Labute approximate surface area is 141 Å². The highest BCUT2D eigenvalue weighted by atomic mass is 16.6. The van der Waals surface area contributed by atoms with Gasteiger partial charge in [0.15, 0.2) is 0 Å². The maximum Gasteiger partial charge on any atom is 0.310 e. The zero-order valence-corrected chi connectivity index (χ0v) is 14.3. The molecule has 0 bridgehead atoms. The summed E-state index contributed by atoms with van der Waals surface area (Å²) >= 11 is 0. The van der Waals surface area contributed by atoms with Crippen molar-refractivity contribution in [2.24, 2.45) is 5.16 Å². The van der Waals surface area contributed by atoms with Gasteiger partial charge in [-0.05, 0) is 41.8 Å². The molecule has 2 rings (SSSR count). The molecular formula is C19H21NO4. The van der Waals surface area contributed by atoms with Crippen molar-refractivity contribution in [3.05, 3.63) is 64.7 Å². The van der Waals surface area contributed by atoms with Gasteiger partial charge in [0.25, 0.3) is 5.90 Å². The summed E-state index contributed by atoms with van der Waals surface area (Å²) in [6.45, 7) is 3.93. The molecule has 0 amide bonds. The largest absolute Gasteiger partial charge is 0.469 e. The first kappa shape index (κ1) is 17.5. The van der Waals surface area contributed by atoms with Crippen molar-refractivity contribution in [1.82, 2.24) is 0 Å². The predicted molar refractivity (Wildman–Crippen MR) is 92.3 cm³/mol. The molecule has 0 unspecified atom stereocenters. The molecule has 5 heteroatoms. The number of hydrogen-bond acceptors (Lipinski definition) is 5. The van der Waals surface area contributed by atoms with Gasteiger partial charge in [0, 0.05) is 5.56 Å². The van der Waals surface area contributed by atoms with Gasteiger partial charge >= 0.3 is 5.97 Å². The molecule has 0 aliphatic carbocycles. The number of para-hydroxylation sites is 1. The lowest BCUT2D eigenvalue weighted by molar-refractivity contribution is -0.139. The van der Waals surface area contributed by atoms with Gasteiger partial charge in [-0.3, -0.25) is 4.79 Å². The first-order valence-electron chi connectivity index (χ1n) is 7.57. The molecule has 0 saturated heterocycles. The van der Waals surface area contributed by atoms with Gasteiger partial charge in [-0.2, -0.15) is 0 Å². The van der Waals surface area contributed by atoms with Crippen LogP contribution in [0.25, 0.3) is 0 Å². The average Bonchev–Trinajstić information content (AvgIpc) is 2.58. The zero-order valence-electron chi connectivity index (χ0n) is 14.3. The summed E-state index contributed by atoms with van der Waals surface area (Å²) in [5.74, 6) is 0.696. The SMILES string of the molecule is CO/N=C(/Oc1c(C)cccc1C)c1ccccc1CC(=O)OC. The second-order valence-corrected chi connectivity index (χ2v) is 5.31. The highest BCUT2D eigenvalue weighted by Crippen LogP contribution is 2.24. The van der Waals surface area contributed by atoms with Crippen LogP contribution in [-0.2, 0) is 20.8 Å². The van der Waals surface area contributed by atoms with Crippen LogP contribution in [-0.4, -0.2) is 26.1 Å². The van der Waals surface area contributed by atoms with E-state index in [9.17, 15) is 4.79 Å². The van der Waals surface area contributed by atoms with Gasteiger partial charge in [-0.25, -0.2) is 0 Å². The second kappa shape index (κ2) is 8.15. The standard InChI is InChI=1S/C19H21NO4/c1-13-8-7-9-14(2)18(13)24-19(20-23-4)16-11-6-5-10-15(16)12-17(21)22-3/h5-11H,12H2,1-4H3/b20-19+. The number of esters is 1. The number of rotatable bonds is 5. The molecule has 0 aromatic heterocycles. The first-order valence-corrected chi connectivity index (χ1v) is 7.57. The van der Waals surface area contributed by atoms with Gasteiger partial charge < -0.3 is 14.3 Å². The summed E-state index contributed by atoms with van der Waals surface area (Å²) in [5, 5.41) is 4.01. The van der Waals surface area contributed by atoms with E-state index in [0.29, 0.717) is 11.5 Å². The van der Waals surface area contributed by atoms with Crippen molar-refractivity contribution < 1.29 is 19.1 Å². The molecule has 0 radical (unpaired) electrons. The van der Waals surface area contributed by atoms with E-state index in [1.165, 1.54) is 14.2 Å². The molecule has 2 aromatic carbocycles. The first-order chi connectivity index (χ1) is 11.6. The van der Waals surface area contributed by atoms with Crippen LogP contribution in [0.15, 0.2) is 47.6 Å². The lowest BCUT2D eigenvalue weighted by Crippen LogP contribution is -2.16. The van der Waals surface area contributed by atoms with E-state index in [2.05, 4.69) is 5.16 Å². The number of nitrogens with zero attached hydrogens (tertiary/aromatic N) is 1. The molecule has 0 heterocycles. The number of hydrogen-bond donors (Lipinski definition) is 0. The summed E-state index contributed by atoms with van der Waals surface area (Å²) in [5.41, 5.74) is 3.42. The fraction of sp³-hybridized carbons (Fsp3) is 0.263. The normalized spacial score (nSPS) is 11.1. The number of carbonyl (C=O) groups is 1. The Balaban J connectivity index is 2.42. The fourth-order valence-corrected chi connectivity index (χ4v) is 2.37. The van der Waals surface area contributed by atoms with E-state index in [1.807, 2.05) is 56.3 Å². The van der Waals surface area contributed by atoms with Crippen molar-refractivity contribution in [2.45, 2.75) is 20.3 Å². The third kappa shape index (κ3) is 4.13. The molecule has 0 aliphatic rings. The van der Waals surface area contributed by atoms with Crippen molar-refractivity contribution in [3.8, 4) is 5.75 Å². The van der Waals surface area contributed by atoms with Crippen LogP contribution in [0.1, 0.15) is 22.3 Å². The third-order valence-corrected chi connectivity index (χ3v) is 3.59. The molecule has 0 saturated carbocycles. The number of methoxy groups -OCH3 is 1. The number of benzene rings is 2. The maximum absolute atomic E-state index is 11.6. The Morgan fingerprint density at radius 1 is 1.00 bits per heavy atom. The molecule has 24 heavy (non-hydrogen) atoms. The molecule has 126 valence electrons. The Bertz CT molecular complexity index is 733. The quantitative estimate of drug-likeness (QED) is 0.365. The minimum absolute atomic E-state index is 0.130. The minimum atomic E-state index is -0.328. The smallest absolute Gasteiger partial charge is 0.310 e. The number of ether oxygens (including phenoxy) is 2. The Hall–Kier alpha value is -2.82. The van der Waals surface area contributed by atoms with Gasteiger partial charge in [0.1, 0.15) is 12.9 Å². The molecular weight excluding hydrogens is 306 g/mol. The van der Waals surface area contributed by atoms with Crippen LogP contribution in [0.3, 0.4) is 0 Å². The lowest BCUT2D eigenvalue weighted by atomic mass is 10.0. The molecule has 5 nitrogen and oxygen atoms in total. The summed E-state index contributed by atoms with van der Waals surface area (Å²) in [4.78, 5) is 16.6. The summed E-state index contributed by atoms with van der Waals surface area (Å²) in [6.07, 6.45) is 0.130. The third-order valence-electron chi connectivity index (χ3n) is 3.59. The van der Waals surface area contributed by atoms with Gasteiger partial charge in [-0.15, -0.1) is 0 Å². The predicted octanol–water partition coefficient (Wildman–Crippen LogP) is 3.41. The van der Waals surface area contributed by atoms with Crippen molar-refractivity contribution in [1.29, 1.82) is 0 Å². The van der Waals surface area contributed by atoms with Gasteiger partial charge in [0.05, 0.1) is 13.5 Å². The number of aryl methyl sites for hydroxylation is 2. The van der Waals surface area contributed by atoms with Crippen LogP contribution in [0.4, 0.5) is 0 Å². The van der Waals surface area contributed by atoms with Crippen molar-refractivity contribution >= 4 is 11.9 Å². The fourth-order valence-electron chi connectivity index (χ4n) is 2.37. The molecule has 2 aromatic rings. The highest BCUT2D eigenvalue weighted by Gasteiger charge is 2.17. The molecule has 0 N–H and O–H groups in total. The Kier molecular flexibility index (Phi) is 5.95. The summed E-state index contributed by atoms with van der Waals surface area (Å²) in [6, 6.07) is 13.3. The monoisotopic (exact) mass is 327 g/mol. The number of oxime groups is 1. The summed E-state index contributed by atoms with van der Waals surface area (Å²) in [7, 11) is 2.82. The lowest BCUT2D eigenvalue weighted by Gasteiger charge is -2.15. The Morgan fingerprint density at radius 2 is 1.67 bits per heavy atom. The topological polar surface area (TPSA) is 57.1 Å². The molecule has 0 spiro atoms. The number of carbonyl (C=O) groups excluding carboxylic acids is 1.